The summed E-state index contributed by atoms with van der Waals surface area (Å²) >= 11 is 6.03. The van der Waals surface area contributed by atoms with E-state index in [9.17, 15) is 26.4 Å². The van der Waals surface area contributed by atoms with E-state index in [1.54, 1.807) is 42.5 Å². The van der Waals surface area contributed by atoms with Crippen molar-refractivity contribution < 1.29 is 30.8 Å². The Morgan fingerprint density at radius 2 is 1.73 bits per heavy atom. The van der Waals surface area contributed by atoms with Crippen molar-refractivity contribution in [3.63, 3.8) is 0 Å². The SMILES string of the molecule is CC.O=C(C[C@@H](c1ccc(Cl)cc1)c1cncc(C(F)(F)F)c1)Nc1cccc(F)c1CC[C@H]1CNCCN1S(=O)(=O)c1ccccc1. The number of alkyl halides is 3. The number of nitrogens with zero attached hydrogens (tertiary/aromatic N) is 2. The van der Waals surface area contributed by atoms with E-state index in [1.165, 1.54) is 40.8 Å². The Kier molecular flexibility index (Phi) is 12.7. The van der Waals surface area contributed by atoms with Gasteiger partial charge in [0.2, 0.25) is 15.9 Å². The molecule has 1 saturated heterocycles. The molecule has 2 atom stereocenters. The van der Waals surface area contributed by atoms with E-state index in [-0.39, 0.29) is 47.5 Å². The van der Waals surface area contributed by atoms with Gasteiger partial charge in [-0.05, 0) is 66.4 Å². The Balaban J connectivity index is 0.00000255. The maximum Gasteiger partial charge on any atom is 0.417 e. The summed E-state index contributed by atoms with van der Waals surface area (Å²) in [5, 5.41) is 6.36. The first-order valence-corrected chi connectivity index (χ1v) is 17.4. The topological polar surface area (TPSA) is 91.4 Å². The van der Waals surface area contributed by atoms with Gasteiger partial charge in [0.15, 0.2) is 0 Å². The molecule has 5 rings (SSSR count). The minimum absolute atomic E-state index is 0.119. The Bertz CT molecular complexity index is 1780. The van der Waals surface area contributed by atoms with Crippen LogP contribution in [0.4, 0.5) is 23.2 Å². The predicted molar refractivity (Wildman–Crippen MR) is 179 cm³/mol. The van der Waals surface area contributed by atoms with Gasteiger partial charge in [-0.3, -0.25) is 9.78 Å². The molecular weight excluding hydrogens is 668 g/mol. The molecule has 1 amide bonds. The van der Waals surface area contributed by atoms with Crippen molar-refractivity contribution in [2.45, 2.75) is 56.1 Å². The monoisotopic (exact) mass is 704 g/mol. The molecule has 0 unspecified atom stereocenters. The van der Waals surface area contributed by atoms with Crippen molar-refractivity contribution in [2.75, 3.05) is 25.0 Å². The summed E-state index contributed by atoms with van der Waals surface area (Å²) in [6, 6.07) is 19.2. The number of aromatic nitrogens is 1. The molecule has 1 aliphatic rings. The van der Waals surface area contributed by atoms with E-state index >= 15 is 4.39 Å². The van der Waals surface area contributed by atoms with Crippen molar-refractivity contribution in [3.8, 4) is 0 Å². The van der Waals surface area contributed by atoms with Crippen LogP contribution in [0.2, 0.25) is 5.02 Å². The Labute approximate surface area is 283 Å². The van der Waals surface area contributed by atoms with Gasteiger partial charge in [0, 0.05) is 66.7 Å². The lowest BCUT2D eigenvalue weighted by molar-refractivity contribution is -0.137. The van der Waals surface area contributed by atoms with Gasteiger partial charge in [-0.25, -0.2) is 12.8 Å². The maximum absolute atomic E-state index is 15.2. The normalized spacial score (nSPS) is 16.0. The second-order valence-corrected chi connectivity index (χ2v) is 13.3. The van der Waals surface area contributed by atoms with Crippen LogP contribution in [0.1, 0.15) is 54.9 Å². The summed E-state index contributed by atoms with van der Waals surface area (Å²) in [6.07, 6.45) is -2.51. The van der Waals surface area contributed by atoms with Gasteiger partial charge in [0.05, 0.1) is 10.5 Å². The zero-order chi connectivity index (χ0) is 34.9. The average Bonchev–Trinajstić information content (AvgIpc) is 3.08. The number of hydrogen-bond acceptors (Lipinski definition) is 5. The lowest BCUT2D eigenvalue weighted by atomic mass is 9.88. The fourth-order valence-electron chi connectivity index (χ4n) is 5.59. The van der Waals surface area contributed by atoms with Gasteiger partial charge < -0.3 is 10.6 Å². The predicted octanol–water partition coefficient (Wildman–Crippen LogP) is 7.68. The smallest absolute Gasteiger partial charge is 0.326 e. The van der Waals surface area contributed by atoms with Gasteiger partial charge in [0.25, 0.3) is 0 Å². The summed E-state index contributed by atoms with van der Waals surface area (Å²) < 4.78 is 83.9. The average molecular weight is 705 g/mol. The molecule has 3 aromatic carbocycles. The number of piperazine rings is 1. The molecule has 1 aromatic heterocycles. The van der Waals surface area contributed by atoms with Crippen LogP contribution in [0.3, 0.4) is 0 Å². The highest BCUT2D eigenvalue weighted by atomic mass is 35.5. The summed E-state index contributed by atoms with van der Waals surface area (Å²) in [6.45, 7) is 5.09. The molecule has 0 spiro atoms. The maximum atomic E-state index is 15.2. The number of sulfonamides is 1. The van der Waals surface area contributed by atoms with Crippen LogP contribution in [-0.4, -0.2) is 49.3 Å². The van der Waals surface area contributed by atoms with Crippen molar-refractivity contribution >= 4 is 33.2 Å². The van der Waals surface area contributed by atoms with Crippen molar-refractivity contribution in [1.82, 2.24) is 14.6 Å². The third kappa shape index (κ3) is 9.19. The second kappa shape index (κ2) is 16.5. The van der Waals surface area contributed by atoms with E-state index in [0.29, 0.717) is 23.7 Å². The number of rotatable bonds is 10. The molecule has 1 fully saturated rings. The molecule has 256 valence electrons. The quantitative estimate of drug-likeness (QED) is 0.165. The van der Waals surface area contributed by atoms with Crippen LogP contribution in [0.15, 0.2) is 96.2 Å². The van der Waals surface area contributed by atoms with Crippen LogP contribution >= 0.6 is 11.6 Å². The fourth-order valence-corrected chi connectivity index (χ4v) is 7.39. The molecule has 4 aromatic rings. The number of pyridine rings is 1. The number of benzene rings is 3. The minimum Gasteiger partial charge on any atom is -0.326 e. The molecular formula is C35H37ClF4N4O3S. The molecule has 13 heteroatoms. The Morgan fingerprint density at radius 1 is 1.02 bits per heavy atom. The van der Waals surface area contributed by atoms with Gasteiger partial charge in [-0.15, -0.1) is 0 Å². The Morgan fingerprint density at radius 3 is 2.42 bits per heavy atom. The Hall–Kier alpha value is -3.84. The number of carbonyl (C=O) groups excluding carboxylic acids is 1. The first-order chi connectivity index (χ1) is 22.9. The van der Waals surface area contributed by atoms with E-state index < -0.39 is 45.4 Å². The highest BCUT2D eigenvalue weighted by Crippen LogP contribution is 2.35. The zero-order valence-corrected chi connectivity index (χ0v) is 28.0. The standard InChI is InChI=1S/C33H31ClF4N4O3S.C2H6/c34-25-11-9-22(10-12-25)29(23-17-24(20-40-19-23)33(36,37)38)18-32(43)41-31-8-4-7-30(35)28(31)14-13-26-21-39-15-16-42(26)46(44,45)27-5-2-1-3-6-27;1-2/h1-12,17,19-20,26,29,39H,13-16,18,21H2,(H,41,43);1-2H3/t26-,29-;/m0./s1. The van der Waals surface area contributed by atoms with Gasteiger partial charge in [-0.1, -0.05) is 61.8 Å². The molecule has 1 aliphatic heterocycles. The van der Waals surface area contributed by atoms with E-state index in [1.807, 2.05) is 13.8 Å². The highest BCUT2D eigenvalue weighted by Gasteiger charge is 2.34. The van der Waals surface area contributed by atoms with E-state index in [0.717, 1.165) is 12.3 Å². The first-order valence-electron chi connectivity index (χ1n) is 15.6. The second-order valence-electron chi connectivity index (χ2n) is 11.0. The minimum atomic E-state index is -4.63. The number of halogens is 5. The molecule has 7 nitrogen and oxygen atoms in total. The van der Waals surface area contributed by atoms with Gasteiger partial charge in [0.1, 0.15) is 5.82 Å². The lowest BCUT2D eigenvalue weighted by Crippen LogP contribution is -2.53. The molecule has 2 heterocycles. The lowest BCUT2D eigenvalue weighted by Gasteiger charge is -2.35. The summed E-state index contributed by atoms with van der Waals surface area (Å²) in [4.78, 5) is 17.4. The summed E-state index contributed by atoms with van der Waals surface area (Å²) in [5.74, 6) is -1.94. The van der Waals surface area contributed by atoms with Crippen LogP contribution in [0.5, 0.6) is 0 Å². The van der Waals surface area contributed by atoms with Crippen molar-refractivity contribution in [3.05, 3.63) is 124 Å². The zero-order valence-electron chi connectivity index (χ0n) is 26.5. The summed E-state index contributed by atoms with van der Waals surface area (Å²) in [7, 11) is -3.79. The molecule has 2 N–H and O–H groups in total. The number of amides is 1. The van der Waals surface area contributed by atoms with Crippen molar-refractivity contribution in [1.29, 1.82) is 0 Å². The number of nitrogens with one attached hydrogen (secondary N) is 2. The van der Waals surface area contributed by atoms with Crippen molar-refractivity contribution in [2.24, 2.45) is 0 Å². The number of hydrogen-bond donors (Lipinski definition) is 2. The fraction of sp³-hybridized carbons (Fsp3) is 0.314. The largest absolute Gasteiger partial charge is 0.417 e. The van der Waals surface area contributed by atoms with Crippen LogP contribution in [-0.2, 0) is 27.4 Å². The summed E-state index contributed by atoms with van der Waals surface area (Å²) in [5.41, 5.74) is 0.170. The van der Waals surface area contributed by atoms with Crippen LogP contribution in [0.25, 0.3) is 0 Å². The molecule has 0 bridgehead atoms. The van der Waals surface area contributed by atoms with E-state index in [4.69, 9.17) is 11.6 Å². The highest BCUT2D eigenvalue weighted by molar-refractivity contribution is 7.89. The number of carbonyl (C=O) groups is 1. The van der Waals surface area contributed by atoms with Gasteiger partial charge >= 0.3 is 6.18 Å². The molecule has 0 aliphatic carbocycles. The van der Waals surface area contributed by atoms with E-state index in [2.05, 4.69) is 15.6 Å². The van der Waals surface area contributed by atoms with Crippen LogP contribution < -0.4 is 10.6 Å². The van der Waals surface area contributed by atoms with Crippen LogP contribution in [0, 0.1) is 5.82 Å². The third-order valence-electron chi connectivity index (χ3n) is 7.92. The van der Waals surface area contributed by atoms with Gasteiger partial charge in [-0.2, -0.15) is 17.5 Å². The number of anilines is 1. The molecule has 0 radical (unpaired) electrons. The molecule has 48 heavy (non-hydrogen) atoms. The molecule has 0 saturated carbocycles. The first kappa shape index (κ1) is 37.0. The third-order valence-corrected chi connectivity index (χ3v) is 10.1.